The molecule has 0 aromatic rings. The maximum absolute atomic E-state index is 5.91. The van der Waals surface area contributed by atoms with Crippen LogP contribution >= 0.6 is 46.4 Å². The van der Waals surface area contributed by atoms with Gasteiger partial charge in [-0.3, -0.25) is 0 Å². The number of alkyl halides is 4. The third kappa shape index (κ3) is 9.71. The molecule has 0 saturated carbocycles. The predicted octanol–water partition coefficient (Wildman–Crippen LogP) is 5.43. The van der Waals surface area contributed by atoms with Gasteiger partial charge in [0.05, 0.1) is 0 Å². The van der Waals surface area contributed by atoms with Crippen LogP contribution < -0.4 is 0 Å². The van der Waals surface area contributed by atoms with Gasteiger partial charge in [-0.25, -0.2) is 0 Å². The smallest absolute Gasteiger partial charge is 0.123 e. The highest BCUT2D eigenvalue weighted by Crippen LogP contribution is 2.35. The molecule has 3 atom stereocenters. The molecule has 0 heterocycles. The minimum absolute atomic E-state index is 0.227. The maximum atomic E-state index is 5.91. The normalized spacial score (nSPS) is 19.1. The lowest BCUT2D eigenvalue weighted by molar-refractivity contribution is 0.379. The average molecular weight is 280 g/mol. The van der Waals surface area contributed by atoms with Crippen molar-refractivity contribution in [3.8, 4) is 0 Å². The van der Waals surface area contributed by atoms with Crippen LogP contribution in [0.1, 0.15) is 40.0 Å². The summed E-state index contributed by atoms with van der Waals surface area (Å²) in [6, 6.07) is 0. The fourth-order valence-electron chi connectivity index (χ4n) is 1.82. The van der Waals surface area contributed by atoms with Crippen molar-refractivity contribution >= 4 is 46.4 Å². The van der Waals surface area contributed by atoms with Crippen molar-refractivity contribution < 1.29 is 0 Å². The number of hydrogen-bond acceptors (Lipinski definition) is 0. The maximum Gasteiger partial charge on any atom is 0.190 e. The average Bonchev–Trinajstić information content (AvgIpc) is 1.77. The first-order chi connectivity index (χ1) is 6.20. The van der Waals surface area contributed by atoms with Gasteiger partial charge in [0.15, 0.2) is 3.79 Å². The Balaban J connectivity index is 3.76. The molecule has 14 heavy (non-hydrogen) atoms. The highest BCUT2D eigenvalue weighted by molar-refractivity contribution is 6.67. The van der Waals surface area contributed by atoms with Crippen LogP contribution in [0.25, 0.3) is 0 Å². The van der Waals surface area contributed by atoms with Crippen LogP contribution in [0.3, 0.4) is 0 Å². The van der Waals surface area contributed by atoms with Crippen molar-refractivity contribution in [2.75, 3.05) is 0 Å². The van der Waals surface area contributed by atoms with E-state index in [9.17, 15) is 0 Å². The second kappa shape index (κ2) is 6.68. The minimum atomic E-state index is -1.12. The van der Waals surface area contributed by atoms with Gasteiger partial charge in [0.1, 0.15) is 0 Å². The summed E-state index contributed by atoms with van der Waals surface area (Å²) in [6.45, 7) is 6.31. The van der Waals surface area contributed by atoms with E-state index in [2.05, 4.69) is 13.8 Å². The van der Waals surface area contributed by atoms with E-state index in [1.54, 1.807) is 0 Å². The van der Waals surface area contributed by atoms with Gasteiger partial charge in [0.2, 0.25) is 0 Å². The summed E-state index contributed by atoms with van der Waals surface area (Å²) in [5, 5.41) is 0.227. The first-order valence-electron chi connectivity index (χ1n) is 4.91. The van der Waals surface area contributed by atoms with E-state index in [0.29, 0.717) is 18.3 Å². The molecule has 0 aliphatic carbocycles. The van der Waals surface area contributed by atoms with Crippen LogP contribution in [0, 0.1) is 11.8 Å². The van der Waals surface area contributed by atoms with Gasteiger partial charge in [0, 0.05) is 5.38 Å². The molecule has 0 saturated heterocycles. The van der Waals surface area contributed by atoms with Crippen molar-refractivity contribution in [3.63, 3.8) is 0 Å². The molecule has 0 nitrogen and oxygen atoms in total. The van der Waals surface area contributed by atoms with Crippen molar-refractivity contribution in [3.05, 3.63) is 0 Å². The van der Waals surface area contributed by atoms with Gasteiger partial charge in [-0.15, -0.1) is 11.6 Å². The zero-order chi connectivity index (χ0) is 11.4. The first kappa shape index (κ1) is 15.2. The SMILES string of the molecule is CC(Cl)CC(C)CC(C)CC(Cl)(Cl)Cl. The van der Waals surface area contributed by atoms with Gasteiger partial charge >= 0.3 is 0 Å². The summed E-state index contributed by atoms with van der Waals surface area (Å²) < 4.78 is -1.12. The third-order valence-electron chi connectivity index (χ3n) is 2.11. The van der Waals surface area contributed by atoms with Crippen molar-refractivity contribution in [1.82, 2.24) is 0 Å². The van der Waals surface area contributed by atoms with Gasteiger partial charge in [0.25, 0.3) is 0 Å². The lowest BCUT2D eigenvalue weighted by atomic mass is 9.92. The largest absolute Gasteiger partial charge is 0.190 e. The predicted molar refractivity (Wildman–Crippen MR) is 67.8 cm³/mol. The fraction of sp³-hybridized carbons (Fsp3) is 1.00. The Morgan fingerprint density at radius 3 is 1.79 bits per heavy atom. The molecular weight excluding hydrogens is 262 g/mol. The Morgan fingerprint density at radius 1 is 0.929 bits per heavy atom. The van der Waals surface area contributed by atoms with Crippen molar-refractivity contribution in [1.29, 1.82) is 0 Å². The topological polar surface area (TPSA) is 0 Å². The monoisotopic (exact) mass is 278 g/mol. The quantitative estimate of drug-likeness (QED) is 0.589. The molecule has 0 spiro atoms. The van der Waals surface area contributed by atoms with Crippen LogP contribution in [-0.2, 0) is 0 Å². The molecule has 3 unspecified atom stereocenters. The molecule has 0 aromatic heterocycles. The van der Waals surface area contributed by atoms with Crippen molar-refractivity contribution in [2.24, 2.45) is 11.8 Å². The van der Waals surface area contributed by atoms with E-state index in [-0.39, 0.29) is 5.38 Å². The van der Waals surface area contributed by atoms with Gasteiger partial charge < -0.3 is 0 Å². The highest BCUT2D eigenvalue weighted by atomic mass is 35.6. The Hall–Kier alpha value is 1.16. The first-order valence-corrected chi connectivity index (χ1v) is 6.48. The van der Waals surface area contributed by atoms with Crippen molar-refractivity contribution in [2.45, 2.75) is 49.2 Å². The number of hydrogen-bond donors (Lipinski definition) is 0. The summed E-state index contributed by atoms with van der Waals surface area (Å²) in [5.74, 6) is 1.01. The molecule has 0 rings (SSSR count). The molecule has 0 radical (unpaired) electrons. The minimum Gasteiger partial charge on any atom is -0.123 e. The molecular formula is C10H18Cl4. The van der Waals surface area contributed by atoms with Crippen LogP contribution in [0.2, 0.25) is 0 Å². The number of rotatable bonds is 5. The van der Waals surface area contributed by atoms with E-state index in [4.69, 9.17) is 46.4 Å². The third-order valence-corrected chi connectivity index (χ3v) is 2.75. The van der Waals surface area contributed by atoms with E-state index >= 15 is 0 Å². The zero-order valence-corrected chi connectivity index (χ0v) is 11.9. The fourth-order valence-corrected chi connectivity index (χ4v) is 2.91. The standard InChI is InChI=1S/C10H18Cl4/c1-7(5-9(3)11)4-8(2)6-10(12,13)14/h7-9H,4-6H2,1-3H3. The summed E-state index contributed by atoms with van der Waals surface area (Å²) in [5.41, 5.74) is 0. The molecule has 86 valence electrons. The zero-order valence-electron chi connectivity index (χ0n) is 8.87. The Bertz CT molecular complexity index is 151. The van der Waals surface area contributed by atoms with Crippen LogP contribution in [-0.4, -0.2) is 9.17 Å². The summed E-state index contributed by atoms with van der Waals surface area (Å²) in [7, 11) is 0. The summed E-state index contributed by atoms with van der Waals surface area (Å²) in [4.78, 5) is 0. The van der Waals surface area contributed by atoms with Gasteiger partial charge in [-0.2, -0.15) is 0 Å². The molecule has 0 aromatic carbocycles. The van der Waals surface area contributed by atoms with Crippen LogP contribution in [0.4, 0.5) is 0 Å². The summed E-state index contributed by atoms with van der Waals surface area (Å²) >= 11 is 23.1. The van der Waals surface area contributed by atoms with Gasteiger partial charge in [-0.1, -0.05) is 48.7 Å². The number of halogens is 4. The van der Waals surface area contributed by atoms with E-state index < -0.39 is 3.79 Å². The summed E-state index contributed by atoms with van der Waals surface area (Å²) in [6.07, 6.45) is 2.69. The molecule has 0 bridgehead atoms. The lowest BCUT2D eigenvalue weighted by Crippen LogP contribution is -2.13. The molecule has 0 N–H and O–H groups in total. The second-order valence-corrected chi connectivity index (χ2v) is 7.54. The second-order valence-electron chi connectivity index (χ2n) is 4.28. The molecule has 4 heteroatoms. The molecule has 0 aliphatic rings. The molecule has 0 fully saturated rings. The molecule has 0 aliphatic heterocycles. The van der Waals surface area contributed by atoms with E-state index in [0.717, 1.165) is 12.8 Å². The van der Waals surface area contributed by atoms with E-state index in [1.807, 2.05) is 6.92 Å². The van der Waals surface area contributed by atoms with Crippen LogP contribution in [0.15, 0.2) is 0 Å². The van der Waals surface area contributed by atoms with E-state index in [1.165, 1.54) is 0 Å². The Morgan fingerprint density at radius 2 is 1.43 bits per heavy atom. The Kier molecular flexibility index (Phi) is 7.23. The van der Waals surface area contributed by atoms with Crippen LogP contribution in [0.5, 0.6) is 0 Å². The lowest BCUT2D eigenvalue weighted by Gasteiger charge is -2.21. The molecule has 0 amide bonds. The van der Waals surface area contributed by atoms with Gasteiger partial charge in [-0.05, 0) is 38.0 Å². The highest BCUT2D eigenvalue weighted by Gasteiger charge is 2.24. The Labute approximate surface area is 107 Å².